The highest BCUT2D eigenvalue weighted by Crippen LogP contribution is 2.16. The van der Waals surface area contributed by atoms with Gasteiger partial charge in [-0.15, -0.1) is 0 Å². The van der Waals surface area contributed by atoms with Crippen LogP contribution in [-0.4, -0.2) is 18.9 Å². The van der Waals surface area contributed by atoms with Crippen LogP contribution in [0.25, 0.3) is 12.2 Å². The van der Waals surface area contributed by atoms with Crippen LogP contribution in [0.2, 0.25) is 0 Å². The predicted molar refractivity (Wildman–Crippen MR) is 105 cm³/mol. The topological polar surface area (TPSA) is 24.2 Å². The number of aromatic nitrogens is 1. The Kier molecular flexibility index (Phi) is 7.39. The second kappa shape index (κ2) is 9.77. The van der Waals surface area contributed by atoms with Crippen LogP contribution >= 0.6 is 0 Å². The van der Waals surface area contributed by atoms with E-state index in [0.29, 0.717) is 13.0 Å². The van der Waals surface area contributed by atoms with Crippen LogP contribution in [-0.2, 0) is 11.3 Å². The van der Waals surface area contributed by atoms with E-state index in [2.05, 4.69) is 55.2 Å². The Morgan fingerprint density at radius 3 is 2.00 bits per heavy atom. The number of hydrogen-bond donors (Lipinski definition) is 0. The summed E-state index contributed by atoms with van der Waals surface area (Å²) in [7, 11) is 0. The van der Waals surface area contributed by atoms with Crippen molar-refractivity contribution in [3.8, 4) is 0 Å². The van der Waals surface area contributed by atoms with E-state index >= 15 is 0 Å². The number of rotatable bonds is 9. The van der Waals surface area contributed by atoms with Gasteiger partial charge in [-0.05, 0) is 43.5 Å². The van der Waals surface area contributed by atoms with Gasteiger partial charge in [-0.25, -0.2) is 0 Å². The van der Waals surface area contributed by atoms with Gasteiger partial charge in [0.05, 0.1) is 0 Å². The molecule has 1 heterocycles. The second-order valence-electron chi connectivity index (χ2n) is 6.19. The number of Topliss-reactive ketones (excluding diaryl/α,β-unsaturated/α-hetero) is 1. The fourth-order valence-corrected chi connectivity index (χ4v) is 2.82. The van der Waals surface area contributed by atoms with Crippen LogP contribution in [0.15, 0.2) is 48.8 Å². The molecule has 0 saturated heterocycles. The van der Waals surface area contributed by atoms with Gasteiger partial charge in [0.25, 0.3) is 0 Å². The van der Waals surface area contributed by atoms with Crippen molar-refractivity contribution >= 4 is 23.6 Å². The van der Waals surface area contributed by atoms with Crippen molar-refractivity contribution in [2.24, 2.45) is 0 Å². The monoisotopic (exact) mass is 337 g/mol. The molecule has 0 saturated carbocycles. The lowest BCUT2D eigenvalue weighted by atomic mass is 10.1. The Balaban J connectivity index is 1.98. The van der Waals surface area contributed by atoms with Crippen LogP contribution in [0.4, 0.5) is 5.69 Å². The molecular weight excluding hydrogens is 308 g/mol. The van der Waals surface area contributed by atoms with E-state index in [0.717, 1.165) is 25.1 Å². The first-order chi connectivity index (χ1) is 12.2. The zero-order valence-corrected chi connectivity index (χ0v) is 15.6. The maximum Gasteiger partial charge on any atom is 0.206 e. The molecule has 0 fully saturated rings. The third-order valence-corrected chi connectivity index (χ3v) is 4.29. The molecule has 3 nitrogen and oxygen atoms in total. The summed E-state index contributed by atoms with van der Waals surface area (Å²) in [4.78, 5) is 14.0. The summed E-state index contributed by atoms with van der Waals surface area (Å²) in [5, 5.41) is 0. The van der Waals surface area contributed by atoms with Crippen molar-refractivity contribution in [3.05, 3.63) is 59.9 Å². The molecular formula is C22H29N2O+. The summed E-state index contributed by atoms with van der Waals surface area (Å²) in [6.45, 7) is 8.90. The van der Waals surface area contributed by atoms with Crippen molar-refractivity contribution in [2.75, 3.05) is 18.0 Å². The Morgan fingerprint density at radius 2 is 1.48 bits per heavy atom. The first-order valence-electron chi connectivity index (χ1n) is 9.20. The normalized spacial score (nSPS) is 11.0. The first kappa shape index (κ1) is 18.9. The molecule has 0 aliphatic rings. The van der Waals surface area contributed by atoms with Gasteiger partial charge in [0, 0.05) is 37.3 Å². The van der Waals surface area contributed by atoms with Gasteiger partial charge in [-0.3, -0.25) is 4.79 Å². The molecule has 1 aromatic heterocycles. The molecule has 132 valence electrons. The number of anilines is 1. The quantitative estimate of drug-likeness (QED) is 0.635. The van der Waals surface area contributed by atoms with Crippen molar-refractivity contribution < 1.29 is 9.36 Å². The Hall–Kier alpha value is -2.42. The van der Waals surface area contributed by atoms with Crippen LogP contribution in [0.1, 0.15) is 44.7 Å². The molecule has 25 heavy (non-hydrogen) atoms. The Labute approximate surface area is 151 Å². The van der Waals surface area contributed by atoms with E-state index in [1.807, 2.05) is 36.0 Å². The molecule has 2 aromatic rings. The standard InChI is InChI=1S/C22H29N2O/c1-4-7-22(25)18-23-16-14-20(15-17-23)9-8-19-10-12-21(13-11-19)24(5-2)6-3/h8-17H,4-7,18H2,1-3H3/q+1. The molecule has 2 rings (SSSR count). The molecule has 0 spiro atoms. The van der Waals surface area contributed by atoms with Gasteiger partial charge >= 0.3 is 0 Å². The van der Waals surface area contributed by atoms with Crippen LogP contribution in [0.5, 0.6) is 0 Å². The highest BCUT2D eigenvalue weighted by atomic mass is 16.1. The highest BCUT2D eigenvalue weighted by molar-refractivity contribution is 5.76. The van der Waals surface area contributed by atoms with Gasteiger partial charge in [-0.2, -0.15) is 4.57 Å². The smallest absolute Gasteiger partial charge is 0.206 e. The number of benzene rings is 1. The van der Waals surface area contributed by atoms with Gasteiger partial charge in [0.15, 0.2) is 18.2 Å². The van der Waals surface area contributed by atoms with E-state index in [-0.39, 0.29) is 5.78 Å². The third kappa shape index (κ3) is 5.86. The van der Waals surface area contributed by atoms with E-state index in [1.165, 1.54) is 11.3 Å². The third-order valence-electron chi connectivity index (χ3n) is 4.29. The molecule has 0 unspecified atom stereocenters. The lowest BCUT2D eigenvalue weighted by Gasteiger charge is -2.20. The minimum Gasteiger partial charge on any atom is -0.372 e. The molecule has 0 radical (unpaired) electrons. The first-order valence-corrected chi connectivity index (χ1v) is 9.20. The summed E-state index contributed by atoms with van der Waals surface area (Å²) < 4.78 is 1.94. The van der Waals surface area contributed by atoms with Gasteiger partial charge < -0.3 is 4.90 Å². The van der Waals surface area contributed by atoms with Crippen LogP contribution in [0.3, 0.4) is 0 Å². The highest BCUT2D eigenvalue weighted by Gasteiger charge is 2.07. The van der Waals surface area contributed by atoms with Crippen molar-refractivity contribution in [2.45, 2.75) is 40.2 Å². The van der Waals surface area contributed by atoms with E-state index in [9.17, 15) is 4.79 Å². The molecule has 0 N–H and O–H groups in total. The van der Waals surface area contributed by atoms with Gasteiger partial charge in [0.2, 0.25) is 6.54 Å². The average Bonchev–Trinajstić information content (AvgIpc) is 2.63. The van der Waals surface area contributed by atoms with Gasteiger partial charge in [0.1, 0.15) is 0 Å². The van der Waals surface area contributed by atoms with E-state index in [1.54, 1.807) is 0 Å². The zero-order chi connectivity index (χ0) is 18.1. The van der Waals surface area contributed by atoms with Crippen molar-refractivity contribution in [3.63, 3.8) is 0 Å². The number of nitrogens with zero attached hydrogens (tertiary/aromatic N) is 2. The summed E-state index contributed by atoms with van der Waals surface area (Å²) in [5.41, 5.74) is 3.58. The van der Waals surface area contributed by atoms with Crippen LogP contribution < -0.4 is 9.47 Å². The number of hydrogen-bond acceptors (Lipinski definition) is 2. The maximum absolute atomic E-state index is 11.7. The lowest BCUT2D eigenvalue weighted by Crippen LogP contribution is -2.36. The average molecular weight is 337 g/mol. The molecule has 0 aliphatic heterocycles. The van der Waals surface area contributed by atoms with E-state index in [4.69, 9.17) is 0 Å². The maximum atomic E-state index is 11.7. The Bertz CT molecular complexity index is 683. The SMILES string of the molecule is CCCC(=O)C[n+]1ccc(/C=C/c2ccc(N(CC)CC)cc2)cc1. The molecule has 0 bridgehead atoms. The number of carbonyl (C=O) groups is 1. The summed E-state index contributed by atoms with van der Waals surface area (Å²) in [6, 6.07) is 12.7. The minimum atomic E-state index is 0.282. The molecule has 3 heteroatoms. The number of pyridine rings is 1. The van der Waals surface area contributed by atoms with Crippen LogP contribution in [0, 0.1) is 0 Å². The fourth-order valence-electron chi connectivity index (χ4n) is 2.82. The lowest BCUT2D eigenvalue weighted by molar-refractivity contribution is -0.684. The van der Waals surface area contributed by atoms with Gasteiger partial charge in [-0.1, -0.05) is 31.2 Å². The van der Waals surface area contributed by atoms with Crippen molar-refractivity contribution in [1.29, 1.82) is 0 Å². The minimum absolute atomic E-state index is 0.282. The fraction of sp³-hybridized carbons (Fsp3) is 0.364. The molecule has 0 amide bonds. The van der Waals surface area contributed by atoms with Crippen molar-refractivity contribution in [1.82, 2.24) is 0 Å². The molecule has 0 atom stereocenters. The molecule has 1 aromatic carbocycles. The Morgan fingerprint density at radius 1 is 0.920 bits per heavy atom. The second-order valence-corrected chi connectivity index (χ2v) is 6.19. The number of ketones is 1. The predicted octanol–water partition coefficient (Wildman–Crippen LogP) is 4.36. The summed E-state index contributed by atoms with van der Waals surface area (Å²) in [6.07, 6.45) is 9.72. The van der Waals surface area contributed by atoms with E-state index < -0.39 is 0 Å². The summed E-state index contributed by atoms with van der Waals surface area (Å²) >= 11 is 0. The largest absolute Gasteiger partial charge is 0.372 e. The molecule has 0 aliphatic carbocycles. The zero-order valence-electron chi connectivity index (χ0n) is 15.6. The number of carbonyl (C=O) groups excluding carboxylic acids is 1. The summed E-state index contributed by atoms with van der Waals surface area (Å²) in [5.74, 6) is 0.282.